The van der Waals surface area contributed by atoms with E-state index in [1.807, 2.05) is 11.8 Å². The second-order valence-corrected chi connectivity index (χ2v) is 6.35. The van der Waals surface area contributed by atoms with Crippen molar-refractivity contribution in [3.63, 3.8) is 0 Å². The molecule has 4 heteroatoms. The molecule has 24 heavy (non-hydrogen) atoms. The molecular formula is C20H24N2O2. The van der Waals surface area contributed by atoms with Gasteiger partial charge in [-0.15, -0.1) is 0 Å². The number of urea groups is 1. The van der Waals surface area contributed by atoms with Crippen LogP contribution in [0.15, 0.2) is 48.5 Å². The lowest BCUT2D eigenvalue weighted by molar-refractivity contribution is -0.00351. The zero-order chi connectivity index (χ0) is 16.9. The first kappa shape index (κ1) is 16.5. The molecule has 0 saturated carbocycles. The molecule has 0 aliphatic carbocycles. The predicted molar refractivity (Wildman–Crippen MR) is 95.8 cm³/mol. The number of amides is 2. The van der Waals surface area contributed by atoms with Crippen LogP contribution in [0.3, 0.4) is 0 Å². The van der Waals surface area contributed by atoms with Gasteiger partial charge >= 0.3 is 6.03 Å². The Hall–Kier alpha value is -2.33. The van der Waals surface area contributed by atoms with Gasteiger partial charge in [0.25, 0.3) is 0 Å². The Labute approximate surface area is 143 Å². The fraction of sp³-hybridized carbons (Fsp3) is 0.350. The molecule has 1 unspecified atom stereocenters. The van der Waals surface area contributed by atoms with Crippen molar-refractivity contribution in [1.82, 2.24) is 10.2 Å². The van der Waals surface area contributed by atoms with Crippen LogP contribution < -0.4 is 5.32 Å². The van der Waals surface area contributed by atoms with E-state index in [1.54, 1.807) is 0 Å². The number of nitrogens with zero attached hydrogens (tertiary/aromatic N) is 1. The summed E-state index contributed by atoms with van der Waals surface area (Å²) < 4.78 is 5.46. The predicted octanol–water partition coefficient (Wildman–Crippen LogP) is 3.59. The number of carbonyl (C=O) groups excluding carboxylic acids is 1. The van der Waals surface area contributed by atoms with E-state index in [1.165, 1.54) is 16.7 Å². The molecule has 3 rings (SSSR count). The van der Waals surface area contributed by atoms with Crippen molar-refractivity contribution < 1.29 is 9.53 Å². The maximum atomic E-state index is 12.2. The zero-order valence-corrected chi connectivity index (χ0v) is 14.3. The monoisotopic (exact) mass is 324 g/mol. The van der Waals surface area contributed by atoms with Crippen molar-refractivity contribution in [2.75, 3.05) is 19.7 Å². The molecular weight excluding hydrogens is 300 g/mol. The van der Waals surface area contributed by atoms with Gasteiger partial charge in [-0.05, 0) is 30.5 Å². The van der Waals surface area contributed by atoms with E-state index in [-0.39, 0.29) is 12.1 Å². The highest BCUT2D eigenvalue weighted by atomic mass is 16.5. The summed E-state index contributed by atoms with van der Waals surface area (Å²) in [5.41, 5.74) is 4.76. The fourth-order valence-electron chi connectivity index (χ4n) is 2.93. The van der Waals surface area contributed by atoms with Crippen molar-refractivity contribution in [2.24, 2.45) is 0 Å². The minimum absolute atomic E-state index is 0.0205. The first-order valence-electron chi connectivity index (χ1n) is 8.42. The van der Waals surface area contributed by atoms with Crippen LogP contribution in [0.4, 0.5) is 4.79 Å². The third kappa shape index (κ3) is 4.15. The number of aryl methyl sites for hydroxylation is 1. The largest absolute Gasteiger partial charge is 0.375 e. The van der Waals surface area contributed by atoms with Crippen LogP contribution in [0.25, 0.3) is 11.1 Å². The Morgan fingerprint density at radius 1 is 1.21 bits per heavy atom. The summed E-state index contributed by atoms with van der Waals surface area (Å²) in [7, 11) is 0. The van der Waals surface area contributed by atoms with Crippen LogP contribution in [0.1, 0.15) is 18.1 Å². The van der Waals surface area contributed by atoms with Gasteiger partial charge in [0.15, 0.2) is 0 Å². The van der Waals surface area contributed by atoms with Crippen LogP contribution in [0.5, 0.6) is 0 Å². The lowest BCUT2D eigenvalue weighted by Gasteiger charge is -2.31. The molecule has 0 radical (unpaired) electrons. The number of morpholine rings is 1. The second-order valence-electron chi connectivity index (χ2n) is 6.35. The van der Waals surface area contributed by atoms with E-state index in [2.05, 4.69) is 60.8 Å². The molecule has 1 fully saturated rings. The Balaban J connectivity index is 1.57. The molecule has 2 amide bonds. The average molecular weight is 324 g/mol. The van der Waals surface area contributed by atoms with Gasteiger partial charge in [0.05, 0.1) is 12.7 Å². The smallest absolute Gasteiger partial charge is 0.317 e. The molecule has 1 aliphatic rings. The summed E-state index contributed by atoms with van der Waals surface area (Å²) in [6.45, 7) is 6.54. The number of nitrogens with one attached hydrogen (secondary N) is 1. The van der Waals surface area contributed by atoms with E-state index in [0.717, 1.165) is 5.56 Å². The van der Waals surface area contributed by atoms with E-state index in [0.29, 0.717) is 26.2 Å². The lowest BCUT2D eigenvalue weighted by Crippen LogP contribution is -2.48. The first-order chi connectivity index (χ1) is 11.6. The normalized spacial score (nSPS) is 17.6. The van der Waals surface area contributed by atoms with Crippen LogP contribution in [-0.4, -0.2) is 36.7 Å². The van der Waals surface area contributed by atoms with Gasteiger partial charge in [0.1, 0.15) is 0 Å². The number of benzene rings is 2. The molecule has 0 bridgehead atoms. The summed E-state index contributed by atoms with van der Waals surface area (Å²) in [5.74, 6) is 0. The average Bonchev–Trinajstić information content (AvgIpc) is 2.60. The van der Waals surface area contributed by atoms with Crippen molar-refractivity contribution in [2.45, 2.75) is 26.5 Å². The lowest BCUT2D eigenvalue weighted by atomic mass is 10.0. The van der Waals surface area contributed by atoms with E-state index >= 15 is 0 Å². The highest BCUT2D eigenvalue weighted by molar-refractivity contribution is 5.74. The number of rotatable bonds is 3. The van der Waals surface area contributed by atoms with Crippen molar-refractivity contribution in [3.05, 3.63) is 59.7 Å². The molecule has 0 spiro atoms. The maximum absolute atomic E-state index is 12.2. The highest BCUT2D eigenvalue weighted by Gasteiger charge is 2.20. The third-order valence-electron chi connectivity index (χ3n) is 4.28. The van der Waals surface area contributed by atoms with Gasteiger partial charge in [0.2, 0.25) is 0 Å². The topological polar surface area (TPSA) is 41.6 Å². The summed E-state index contributed by atoms with van der Waals surface area (Å²) in [6.07, 6.45) is 0.109. The number of ether oxygens (including phenoxy) is 1. The van der Waals surface area contributed by atoms with Crippen molar-refractivity contribution in [1.29, 1.82) is 0 Å². The highest BCUT2D eigenvalue weighted by Crippen LogP contribution is 2.20. The summed E-state index contributed by atoms with van der Waals surface area (Å²) in [5, 5.41) is 2.99. The Bertz CT molecular complexity index is 697. The molecule has 1 N–H and O–H groups in total. The standard InChI is InChI=1S/C20H24N2O2/c1-15-4-3-5-19(12-15)18-8-6-17(7-9-18)13-21-20(23)22-10-11-24-16(2)14-22/h3-9,12,16H,10-11,13-14H2,1-2H3,(H,21,23). The van der Waals surface area contributed by atoms with Crippen LogP contribution in [0.2, 0.25) is 0 Å². The molecule has 0 aromatic heterocycles. The SMILES string of the molecule is Cc1cccc(-c2ccc(CNC(=O)N3CCOC(C)C3)cc2)c1. The number of hydrogen-bond acceptors (Lipinski definition) is 2. The summed E-state index contributed by atoms with van der Waals surface area (Å²) >= 11 is 0. The quantitative estimate of drug-likeness (QED) is 0.937. The van der Waals surface area contributed by atoms with Gasteiger partial charge in [-0.1, -0.05) is 54.1 Å². The fourth-order valence-corrected chi connectivity index (χ4v) is 2.93. The molecule has 4 nitrogen and oxygen atoms in total. The van der Waals surface area contributed by atoms with Gasteiger partial charge in [-0.25, -0.2) is 4.79 Å². The zero-order valence-electron chi connectivity index (χ0n) is 14.3. The first-order valence-corrected chi connectivity index (χ1v) is 8.42. The third-order valence-corrected chi connectivity index (χ3v) is 4.28. The second kappa shape index (κ2) is 7.49. The molecule has 1 heterocycles. The molecule has 1 atom stereocenters. The van der Waals surface area contributed by atoms with E-state index in [9.17, 15) is 4.79 Å². The summed E-state index contributed by atoms with van der Waals surface area (Å²) in [4.78, 5) is 14.0. The van der Waals surface area contributed by atoms with Crippen LogP contribution in [-0.2, 0) is 11.3 Å². The maximum Gasteiger partial charge on any atom is 0.317 e. The van der Waals surface area contributed by atoms with Crippen LogP contribution >= 0.6 is 0 Å². The Morgan fingerprint density at radius 2 is 2.00 bits per heavy atom. The molecule has 2 aromatic rings. The molecule has 1 aliphatic heterocycles. The Morgan fingerprint density at radius 3 is 2.71 bits per heavy atom. The van der Waals surface area contributed by atoms with Gasteiger partial charge in [-0.3, -0.25) is 0 Å². The molecule has 1 saturated heterocycles. The minimum Gasteiger partial charge on any atom is -0.375 e. The minimum atomic E-state index is -0.0205. The molecule has 2 aromatic carbocycles. The van der Waals surface area contributed by atoms with Crippen molar-refractivity contribution in [3.8, 4) is 11.1 Å². The van der Waals surface area contributed by atoms with Gasteiger partial charge < -0.3 is 15.0 Å². The number of carbonyl (C=O) groups is 1. The van der Waals surface area contributed by atoms with Gasteiger partial charge in [-0.2, -0.15) is 0 Å². The van der Waals surface area contributed by atoms with Crippen molar-refractivity contribution >= 4 is 6.03 Å². The van der Waals surface area contributed by atoms with Crippen LogP contribution in [0, 0.1) is 6.92 Å². The summed E-state index contributed by atoms with van der Waals surface area (Å²) in [6, 6.07) is 16.8. The molecule has 126 valence electrons. The van der Waals surface area contributed by atoms with Gasteiger partial charge in [0, 0.05) is 19.6 Å². The number of hydrogen-bond donors (Lipinski definition) is 1. The van der Waals surface area contributed by atoms with E-state index < -0.39 is 0 Å². The van der Waals surface area contributed by atoms with E-state index in [4.69, 9.17) is 4.74 Å². The Kier molecular flexibility index (Phi) is 5.16.